The van der Waals surface area contributed by atoms with Gasteiger partial charge >= 0.3 is 0 Å². The van der Waals surface area contributed by atoms with Gasteiger partial charge in [0.25, 0.3) is 0 Å². The Hall–Kier alpha value is -0.940. The van der Waals surface area contributed by atoms with Gasteiger partial charge in [0.1, 0.15) is 5.82 Å². The predicted molar refractivity (Wildman–Crippen MR) is 73.0 cm³/mol. The minimum absolute atomic E-state index is 0.159. The van der Waals surface area contributed by atoms with Crippen LogP contribution in [0.2, 0.25) is 0 Å². The molecule has 0 aromatic heterocycles. The van der Waals surface area contributed by atoms with Crippen LogP contribution in [0.25, 0.3) is 0 Å². The number of amides is 1. The third kappa shape index (κ3) is 2.42. The number of nitrogens with one attached hydrogen (secondary N) is 2. The minimum Gasteiger partial charge on any atom is -0.321 e. The second-order valence-corrected chi connectivity index (χ2v) is 5.37. The smallest absolute Gasteiger partial charge is 0.244 e. The van der Waals surface area contributed by atoms with Gasteiger partial charge in [-0.2, -0.15) is 0 Å². The molecular formula is C13H16BrFN2O. The summed E-state index contributed by atoms with van der Waals surface area (Å²) in [6.07, 6.45) is 2.46. The van der Waals surface area contributed by atoms with Crippen LogP contribution in [0.5, 0.6) is 0 Å². The molecule has 0 radical (unpaired) electrons. The molecule has 1 heterocycles. The monoisotopic (exact) mass is 314 g/mol. The van der Waals surface area contributed by atoms with Crippen molar-refractivity contribution in [3.63, 3.8) is 0 Å². The van der Waals surface area contributed by atoms with E-state index in [-0.39, 0.29) is 11.6 Å². The maximum atomic E-state index is 13.7. The van der Waals surface area contributed by atoms with Gasteiger partial charge < -0.3 is 10.6 Å². The fraction of sp³-hybridized carbons (Fsp3) is 0.462. The zero-order valence-electron chi connectivity index (χ0n) is 10.2. The molecule has 5 heteroatoms. The Labute approximate surface area is 114 Å². The van der Waals surface area contributed by atoms with Gasteiger partial charge in [0.05, 0.1) is 11.2 Å². The molecule has 1 aliphatic rings. The van der Waals surface area contributed by atoms with Crippen LogP contribution in [0.3, 0.4) is 0 Å². The lowest BCUT2D eigenvalue weighted by Gasteiger charge is -2.27. The van der Waals surface area contributed by atoms with E-state index in [0.29, 0.717) is 10.9 Å². The average Bonchev–Trinajstić information content (AvgIpc) is 2.84. The summed E-state index contributed by atoms with van der Waals surface area (Å²) >= 11 is 3.25. The van der Waals surface area contributed by atoms with Crippen LogP contribution >= 0.6 is 15.9 Å². The molecule has 0 bridgehead atoms. The van der Waals surface area contributed by atoms with Crippen molar-refractivity contribution >= 4 is 27.5 Å². The SMILES string of the molecule is CCC1(C(=O)Nc2c(F)cccc2Br)CCCN1. The summed E-state index contributed by atoms with van der Waals surface area (Å²) in [5.41, 5.74) is -0.342. The van der Waals surface area contributed by atoms with Crippen LogP contribution in [0.15, 0.2) is 22.7 Å². The first-order valence-electron chi connectivity index (χ1n) is 6.09. The molecule has 1 aromatic carbocycles. The van der Waals surface area contributed by atoms with Gasteiger partial charge in [-0.05, 0) is 53.9 Å². The largest absolute Gasteiger partial charge is 0.321 e. The van der Waals surface area contributed by atoms with Gasteiger partial charge in [0, 0.05) is 4.47 Å². The molecule has 2 N–H and O–H groups in total. The molecular weight excluding hydrogens is 299 g/mol. The molecule has 1 fully saturated rings. The molecule has 98 valence electrons. The summed E-state index contributed by atoms with van der Waals surface area (Å²) in [5, 5.41) is 5.92. The number of hydrogen-bond acceptors (Lipinski definition) is 2. The third-order valence-electron chi connectivity index (χ3n) is 3.48. The topological polar surface area (TPSA) is 41.1 Å². The lowest BCUT2D eigenvalue weighted by Crippen LogP contribution is -2.50. The molecule has 1 aromatic rings. The molecule has 0 saturated carbocycles. The third-order valence-corrected chi connectivity index (χ3v) is 4.14. The van der Waals surface area contributed by atoms with Crippen molar-refractivity contribution in [1.82, 2.24) is 5.32 Å². The summed E-state index contributed by atoms with van der Waals surface area (Å²) in [6.45, 7) is 2.80. The van der Waals surface area contributed by atoms with Crippen LogP contribution in [0.1, 0.15) is 26.2 Å². The van der Waals surface area contributed by atoms with Gasteiger partial charge in [0.15, 0.2) is 0 Å². The Morgan fingerprint density at radius 2 is 2.39 bits per heavy atom. The number of para-hydroxylation sites is 1. The minimum atomic E-state index is -0.554. The van der Waals surface area contributed by atoms with Crippen molar-refractivity contribution in [2.24, 2.45) is 0 Å². The Balaban J connectivity index is 2.21. The average molecular weight is 315 g/mol. The summed E-state index contributed by atoms with van der Waals surface area (Å²) in [6, 6.07) is 4.64. The highest BCUT2D eigenvalue weighted by molar-refractivity contribution is 9.10. The van der Waals surface area contributed by atoms with Crippen LogP contribution in [-0.2, 0) is 4.79 Å². The maximum Gasteiger partial charge on any atom is 0.244 e. The van der Waals surface area contributed by atoms with Gasteiger partial charge in [-0.3, -0.25) is 4.79 Å². The molecule has 0 aliphatic carbocycles. The van der Waals surface area contributed by atoms with E-state index >= 15 is 0 Å². The molecule has 1 saturated heterocycles. The van der Waals surface area contributed by atoms with Crippen molar-refractivity contribution in [3.05, 3.63) is 28.5 Å². The first-order valence-corrected chi connectivity index (χ1v) is 6.89. The first kappa shape index (κ1) is 13.5. The lowest BCUT2D eigenvalue weighted by molar-refractivity contribution is -0.122. The van der Waals surface area contributed by atoms with Gasteiger partial charge in [-0.1, -0.05) is 13.0 Å². The van der Waals surface area contributed by atoms with E-state index in [9.17, 15) is 9.18 Å². The number of rotatable bonds is 3. The highest BCUT2D eigenvalue weighted by Crippen LogP contribution is 2.29. The van der Waals surface area contributed by atoms with E-state index in [4.69, 9.17) is 0 Å². The number of benzene rings is 1. The highest BCUT2D eigenvalue weighted by Gasteiger charge is 2.39. The standard InChI is InChI=1S/C13H16BrFN2O/c1-2-13(7-4-8-16-13)12(18)17-11-9(14)5-3-6-10(11)15/h3,5-6,16H,2,4,7-8H2,1H3,(H,17,18). The lowest BCUT2D eigenvalue weighted by atomic mass is 9.93. The Kier molecular flexibility index (Phi) is 4.02. The van der Waals surface area contributed by atoms with Crippen LogP contribution in [-0.4, -0.2) is 18.0 Å². The molecule has 1 aliphatic heterocycles. The molecule has 18 heavy (non-hydrogen) atoms. The van der Waals surface area contributed by atoms with E-state index in [1.165, 1.54) is 6.07 Å². The zero-order chi connectivity index (χ0) is 13.2. The molecule has 1 unspecified atom stereocenters. The highest BCUT2D eigenvalue weighted by atomic mass is 79.9. The molecule has 1 amide bonds. The number of carbonyl (C=O) groups is 1. The first-order chi connectivity index (χ1) is 8.59. The van der Waals surface area contributed by atoms with Crippen molar-refractivity contribution in [1.29, 1.82) is 0 Å². The van der Waals surface area contributed by atoms with E-state index in [1.54, 1.807) is 12.1 Å². The molecule has 0 spiro atoms. The van der Waals surface area contributed by atoms with Crippen LogP contribution < -0.4 is 10.6 Å². The van der Waals surface area contributed by atoms with Gasteiger partial charge in [-0.25, -0.2) is 4.39 Å². The summed E-state index contributed by atoms with van der Waals surface area (Å²) in [7, 11) is 0. The number of halogens is 2. The quantitative estimate of drug-likeness (QED) is 0.900. The Morgan fingerprint density at radius 3 is 2.94 bits per heavy atom. The van der Waals surface area contributed by atoms with E-state index in [0.717, 1.165) is 19.4 Å². The van der Waals surface area contributed by atoms with Crippen LogP contribution in [0.4, 0.5) is 10.1 Å². The molecule has 1 atom stereocenters. The van der Waals surface area contributed by atoms with E-state index in [1.807, 2.05) is 6.92 Å². The predicted octanol–water partition coefficient (Wildman–Crippen LogP) is 3.06. The van der Waals surface area contributed by atoms with E-state index < -0.39 is 11.4 Å². The molecule has 2 rings (SSSR count). The summed E-state index contributed by atoms with van der Waals surface area (Å²) in [5.74, 6) is -0.588. The van der Waals surface area contributed by atoms with Gasteiger partial charge in [-0.15, -0.1) is 0 Å². The van der Waals surface area contributed by atoms with E-state index in [2.05, 4.69) is 26.6 Å². The van der Waals surface area contributed by atoms with Crippen molar-refractivity contribution in [2.45, 2.75) is 31.7 Å². The van der Waals surface area contributed by atoms with Crippen molar-refractivity contribution in [3.8, 4) is 0 Å². The fourth-order valence-corrected chi connectivity index (χ4v) is 2.75. The second kappa shape index (κ2) is 5.36. The Morgan fingerprint density at radius 1 is 1.61 bits per heavy atom. The number of anilines is 1. The molecule has 3 nitrogen and oxygen atoms in total. The summed E-state index contributed by atoms with van der Waals surface area (Å²) < 4.78 is 14.2. The summed E-state index contributed by atoms with van der Waals surface area (Å²) in [4.78, 5) is 12.3. The Bertz CT molecular complexity index is 438. The normalized spacial score (nSPS) is 23.1. The van der Waals surface area contributed by atoms with Crippen molar-refractivity contribution in [2.75, 3.05) is 11.9 Å². The van der Waals surface area contributed by atoms with Gasteiger partial charge in [0.2, 0.25) is 5.91 Å². The van der Waals surface area contributed by atoms with Crippen LogP contribution in [0, 0.1) is 5.82 Å². The second-order valence-electron chi connectivity index (χ2n) is 4.52. The number of hydrogen-bond donors (Lipinski definition) is 2. The number of carbonyl (C=O) groups excluding carboxylic acids is 1. The zero-order valence-corrected chi connectivity index (χ0v) is 11.8. The maximum absolute atomic E-state index is 13.7. The van der Waals surface area contributed by atoms with Crippen molar-refractivity contribution < 1.29 is 9.18 Å². The fourth-order valence-electron chi connectivity index (χ4n) is 2.31.